The normalized spacial score (nSPS) is 14.4. The zero-order valence-corrected chi connectivity index (χ0v) is 15.2. The van der Waals surface area contributed by atoms with E-state index in [4.69, 9.17) is 4.74 Å². The summed E-state index contributed by atoms with van der Waals surface area (Å²) in [6, 6.07) is 8.02. The van der Waals surface area contributed by atoms with Gasteiger partial charge in [-0.25, -0.2) is 0 Å². The molecule has 0 aliphatic carbocycles. The molecule has 3 aromatic rings. The van der Waals surface area contributed by atoms with Crippen LogP contribution in [0.3, 0.4) is 0 Å². The number of ether oxygens (including phenoxy) is 1. The highest BCUT2D eigenvalue weighted by Gasteiger charge is 2.20. The highest BCUT2D eigenvalue weighted by molar-refractivity contribution is 5.91. The third-order valence-corrected chi connectivity index (χ3v) is 4.21. The second kappa shape index (κ2) is 7.20. The zero-order valence-electron chi connectivity index (χ0n) is 15.2. The van der Waals surface area contributed by atoms with Gasteiger partial charge >= 0.3 is 0 Å². The Balaban J connectivity index is 1.74. The minimum atomic E-state index is -0.226. The molecule has 1 saturated heterocycles. The number of anilines is 4. The molecule has 3 N–H and O–H groups in total. The number of fused-ring (bicyclic) bond motifs is 1. The van der Waals surface area contributed by atoms with Crippen molar-refractivity contribution in [3.05, 3.63) is 29.8 Å². The van der Waals surface area contributed by atoms with Crippen molar-refractivity contribution < 1.29 is 9.53 Å². The van der Waals surface area contributed by atoms with Crippen molar-refractivity contribution in [3.8, 4) is 0 Å². The summed E-state index contributed by atoms with van der Waals surface area (Å²) in [7, 11) is 0. The SMILES string of the molecule is CC(=O)Nc1nc(N2CCOCC2)c2[nH]c(Nc3cccc(C)c3)nc2n1. The van der Waals surface area contributed by atoms with E-state index in [1.54, 1.807) is 0 Å². The summed E-state index contributed by atoms with van der Waals surface area (Å²) in [6.07, 6.45) is 0. The molecule has 1 aromatic carbocycles. The first kappa shape index (κ1) is 17.2. The van der Waals surface area contributed by atoms with Gasteiger partial charge in [-0.15, -0.1) is 0 Å². The minimum Gasteiger partial charge on any atom is -0.378 e. The average molecular weight is 367 g/mol. The first-order chi connectivity index (χ1) is 13.1. The van der Waals surface area contributed by atoms with Crippen molar-refractivity contribution in [2.75, 3.05) is 41.8 Å². The number of nitrogens with zero attached hydrogens (tertiary/aromatic N) is 4. The Morgan fingerprint density at radius 3 is 2.78 bits per heavy atom. The van der Waals surface area contributed by atoms with Crippen LogP contribution in [0, 0.1) is 6.92 Å². The van der Waals surface area contributed by atoms with Crippen LogP contribution in [0.15, 0.2) is 24.3 Å². The van der Waals surface area contributed by atoms with Gasteiger partial charge in [-0.1, -0.05) is 12.1 Å². The summed E-state index contributed by atoms with van der Waals surface area (Å²) in [5.74, 6) is 1.29. The van der Waals surface area contributed by atoms with E-state index >= 15 is 0 Å². The van der Waals surface area contributed by atoms with Gasteiger partial charge in [0.05, 0.1) is 13.2 Å². The maximum absolute atomic E-state index is 11.4. The van der Waals surface area contributed by atoms with E-state index in [0.717, 1.165) is 16.8 Å². The Bertz CT molecular complexity index is 979. The highest BCUT2D eigenvalue weighted by atomic mass is 16.5. The first-order valence-electron chi connectivity index (χ1n) is 8.80. The summed E-state index contributed by atoms with van der Waals surface area (Å²) < 4.78 is 5.43. The number of imidazole rings is 1. The Morgan fingerprint density at radius 1 is 1.22 bits per heavy atom. The van der Waals surface area contributed by atoms with Gasteiger partial charge in [0.1, 0.15) is 5.52 Å². The van der Waals surface area contributed by atoms with Crippen LogP contribution in [0.25, 0.3) is 11.2 Å². The van der Waals surface area contributed by atoms with E-state index in [2.05, 4.69) is 35.5 Å². The lowest BCUT2D eigenvalue weighted by atomic mass is 10.2. The molecule has 0 saturated carbocycles. The third kappa shape index (κ3) is 3.82. The molecule has 1 amide bonds. The van der Waals surface area contributed by atoms with Gasteiger partial charge in [0.25, 0.3) is 0 Å². The maximum Gasteiger partial charge on any atom is 0.233 e. The van der Waals surface area contributed by atoms with Gasteiger partial charge in [0.2, 0.25) is 17.8 Å². The topological polar surface area (TPSA) is 108 Å². The van der Waals surface area contributed by atoms with Gasteiger partial charge in [0.15, 0.2) is 11.5 Å². The third-order valence-electron chi connectivity index (χ3n) is 4.21. The van der Waals surface area contributed by atoms with Crippen molar-refractivity contribution in [1.82, 2.24) is 19.9 Å². The number of H-pyrrole nitrogens is 1. The van der Waals surface area contributed by atoms with Crippen molar-refractivity contribution >= 4 is 40.5 Å². The quantitative estimate of drug-likeness (QED) is 0.649. The van der Waals surface area contributed by atoms with Gasteiger partial charge in [0, 0.05) is 25.7 Å². The predicted molar refractivity (Wildman–Crippen MR) is 103 cm³/mol. The van der Waals surface area contributed by atoms with Crippen molar-refractivity contribution in [2.45, 2.75) is 13.8 Å². The maximum atomic E-state index is 11.4. The molecule has 4 rings (SSSR count). The zero-order chi connectivity index (χ0) is 18.8. The number of carbonyl (C=O) groups is 1. The van der Waals surface area contributed by atoms with E-state index < -0.39 is 0 Å². The van der Waals surface area contributed by atoms with Crippen LogP contribution in [0.2, 0.25) is 0 Å². The van der Waals surface area contributed by atoms with E-state index in [0.29, 0.717) is 43.7 Å². The number of carbonyl (C=O) groups excluding carboxylic acids is 1. The van der Waals surface area contributed by atoms with Crippen molar-refractivity contribution in [1.29, 1.82) is 0 Å². The Hall–Kier alpha value is -3.20. The molecule has 1 aliphatic heterocycles. The highest BCUT2D eigenvalue weighted by Crippen LogP contribution is 2.27. The molecule has 1 aliphatic rings. The standard InChI is InChI=1S/C18H21N7O2/c1-11-4-3-5-13(10-11)20-18-21-14-15(23-18)22-17(19-12(2)26)24-16(14)25-6-8-27-9-7-25/h3-5,10H,6-9H2,1-2H3,(H3,19,20,21,22,23,24,26). The van der Waals surface area contributed by atoms with Gasteiger partial charge in [-0.3, -0.25) is 10.1 Å². The monoisotopic (exact) mass is 367 g/mol. The molecule has 3 heterocycles. The predicted octanol–water partition coefficient (Wildman–Crippen LogP) is 2.20. The number of hydrogen-bond donors (Lipinski definition) is 3. The molecule has 0 bridgehead atoms. The second-order valence-electron chi connectivity index (χ2n) is 6.43. The fourth-order valence-corrected chi connectivity index (χ4v) is 3.02. The number of aromatic amines is 1. The number of benzene rings is 1. The summed E-state index contributed by atoms with van der Waals surface area (Å²) in [6.45, 7) is 6.15. The lowest BCUT2D eigenvalue weighted by molar-refractivity contribution is -0.114. The van der Waals surface area contributed by atoms with Crippen LogP contribution in [0.5, 0.6) is 0 Å². The number of morpholine rings is 1. The van der Waals surface area contributed by atoms with Crippen LogP contribution in [0.4, 0.5) is 23.4 Å². The van der Waals surface area contributed by atoms with Gasteiger partial charge in [-0.05, 0) is 24.6 Å². The van der Waals surface area contributed by atoms with E-state index in [1.807, 2.05) is 31.2 Å². The number of rotatable bonds is 4. The van der Waals surface area contributed by atoms with Crippen molar-refractivity contribution in [2.24, 2.45) is 0 Å². The Morgan fingerprint density at radius 2 is 2.04 bits per heavy atom. The summed E-state index contributed by atoms with van der Waals surface area (Å²) >= 11 is 0. The molecule has 9 heteroatoms. The molecule has 1 fully saturated rings. The van der Waals surface area contributed by atoms with E-state index in [-0.39, 0.29) is 11.9 Å². The minimum absolute atomic E-state index is 0.226. The molecule has 0 radical (unpaired) electrons. The van der Waals surface area contributed by atoms with Gasteiger partial charge in [-0.2, -0.15) is 15.0 Å². The van der Waals surface area contributed by atoms with Crippen LogP contribution < -0.4 is 15.5 Å². The summed E-state index contributed by atoms with van der Waals surface area (Å²) in [5, 5.41) is 5.91. The molecule has 0 spiro atoms. The molecule has 27 heavy (non-hydrogen) atoms. The van der Waals surface area contributed by atoms with Crippen LogP contribution >= 0.6 is 0 Å². The Labute approximate surface area is 156 Å². The van der Waals surface area contributed by atoms with Crippen LogP contribution in [-0.4, -0.2) is 52.1 Å². The van der Waals surface area contributed by atoms with Gasteiger partial charge < -0.3 is 19.9 Å². The number of nitrogens with one attached hydrogen (secondary N) is 3. The largest absolute Gasteiger partial charge is 0.378 e. The number of hydrogen-bond acceptors (Lipinski definition) is 7. The van der Waals surface area contributed by atoms with E-state index in [9.17, 15) is 4.79 Å². The van der Waals surface area contributed by atoms with E-state index in [1.165, 1.54) is 6.92 Å². The molecule has 2 aromatic heterocycles. The second-order valence-corrected chi connectivity index (χ2v) is 6.43. The average Bonchev–Trinajstić information content (AvgIpc) is 3.03. The summed E-state index contributed by atoms with van der Waals surface area (Å²) in [5.41, 5.74) is 3.29. The molecular formula is C18H21N7O2. The fraction of sp³-hybridized carbons (Fsp3) is 0.333. The molecule has 9 nitrogen and oxygen atoms in total. The first-order valence-corrected chi connectivity index (χ1v) is 8.80. The van der Waals surface area contributed by atoms with Crippen LogP contribution in [-0.2, 0) is 9.53 Å². The molecule has 140 valence electrons. The molecular weight excluding hydrogens is 346 g/mol. The lowest BCUT2D eigenvalue weighted by Gasteiger charge is -2.28. The lowest BCUT2D eigenvalue weighted by Crippen LogP contribution is -2.37. The van der Waals surface area contributed by atoms with Crippen molar-refractivity contribution in [3.63, 3.8) is 0 Å². The summed E-state index contributed by atoms with van der Waals surface area (Å²) in [4.78, 5) is 30.3. The number of aromatic nitrogens is 4. The Kier molecular flexibility index (Phi) is 4.59. The number of amides is 1. The smallest absolute Gasteiger partial charge is 0.233 e. The van der Waals surface area contributed by atoms with Crippen LogP contribution in [0.1, 0.15) is 12.5 Å². The molecule has 0 atom stereocenters. The fourth-order valence-electron chi connectivity index (χ4n) is 3.02. The molecule has 0 unspecified atom stereocenters. The number of aryl methyl sites for hydroxylation is 1.